The Kier molecular flexibility index (Phi) is 6.27. The van der Waals surface area contributed by atoms with Gasteiger partial charge in [-0.3, -0.25) is 4.99 Å². The zero-order valence-corrected chi connectivity index (χ0v) is 12.0. The molecule has 2 N–H and O–H groups in total. The standard InChI is InChI=1S/C10H17N5O.HI/c11-10(15-5-7-16-8-6-15)13-2-4-14-3-1-12-9-14;/h1,3,9H,2,4-8H2,(H2,11,13);1H. The monoisotopic (exact) mass is 351 g/mol. The maximum absolute atomic E-state index is 5.88. The highest BCUT2D eigenvalue weighted by atomic mass is 127. The Morgan fingerprint density at radius 1 is 1.41 bits per heavy atom. The van der Waals surface area contributed by atoms with Crippen LogP contribution >= 0.6 is 24.0 Å². The quantitative estimate of drug-likeness (QED) is 0.478. The van der Waals surface area contributed by atoms with E-state index in [0.717, 1.165) is 32.8 Å². The second kappa shape index (κ2) is 7.49. The first kappa shape index (κ1) is 14.2. The Hall–Kier alpha value is -0.830. The summed E-state index contributed by atoms with van der Waals surface area (Å²) in [6.07, 6.45) is 5.45. The van der Waals surface area contributed by atoms with Gasteiger partial charge in [0.15, 0.2) is 5.96 Å². The topological polar surface area (TPSA) is 68.7 Å². The molecule has 0 amide bonds. The predicted molar refractivity (Wildman–Crippen MR) is 76.5 cm³/mol. The van der Waals surface area contributed by atoms with E-state index in [1.807, 2.05) is 10.8 Å². The molecule has 2 heterocycles. The minimum absolute atomic E-state index is 0. The fourth-order valence-electron chi connectivity index (χ4n) is 1.59. The maximum atomic E-state index is 5.88. The minimum atomic E-state index is 0. The molecule has 1 aliphatic rings. The van der Waals surface area contributed by atoms with Crippen LogP contribution in [0.25, 0.3) is 0 Å². The van der Waals surface area contributed by atoms with Gasteiger partial charge in [0, 0.05) is 32.0 Å². The van der Waals surface area contributed by atoms with Gasteiger partial charge in [-0.05, 0) is 0 Å². The molecule has 0 radical (unpaired) electrons. The molecule has 0 aromatic carbocycles. The van der Waals surface area contributed by atoms with Gasteiger partial charge in [-0.1, -0.05) is 0 Å². The lowest BCUT2D eigenvalue weighted by molar-refractivity contribution is 0.0674. The Bertz CT molecular complexity index is 334. The molecule has 2 rings (SSSR count). The number of hydrogen-bond acceptors (Lipinski definition) is 3. The summed E-state index contributed by atoms with van der Waals surface area (Å²) >= 11 is 0. The van der Waals surface area contributed by atoms with Crippen LogP contribution in [0.1, 0.15) is 0 Å². The SMILES string of the molecule is I.NC(=NCCn1ccnc1)N1CCOCC1. The fraction of sp³-hybridized carbons (Fsp3) is 0.600. The van der Waals surface area contributed by atoms with Crippen molar-refractivity contribution in [2.45, 2.75) is 6.54 Å². The Balaban J connectivity index is 0.00000144. The number of aromatic nitrogens is 2. The van der Waals surface area contributed by atoms with Crippen LogP contribution in [-0.4, -0.2) is 53.3 Å². The number of morpholine rings is 1. The van der Waals surface area contributed by atoms with Crippen LogP contribution in [0, 0.1) is 0 Å². The predicted octanol–water partition coefficient (Wildman–Crippen LogP) is 0.148. The third-order valence-electron chi connectivity index (χ3n) is 2.53. The summed E-state index contributed by atoms with van der Waals surface area (Å²) in [6.45, 7) is 4.63. The van der Waals surface area contributed by atoms with Crippen LogP contribution in [0.3, 0.4) is 0 Å². The summed E-state index contributed by atoms with van der Waals surface area (Å²) in [5.74, 6) is 0.614. The van der Waals surface area contributed by atoms with Crippen molar-refractivity contribution < 1.29 is 4.74 Å². The van der Waals surface area contributed by atoms with E-state index in [4.69, 9.17) is 10.5 Å². The third-order valence-corrected chi connectivity index (χ3v) is 2.53. The van der Waals surface area contributed by atoms with E-state index in [-0.39, 0.29) is 24.0 Å². The highest BCUT2D eigenvalue weighted by molar-refractivity contribution is 14.0. The molecule has 6 nitrogen and oxygen atoms in total. The number of nitrogens with zero attached hydrogens (tertiary/aromatic N) is 4. The summed E-state index contributed by atoms with van der Waals surface area (Å²) in [5, 5.41) is 0. The molecule has 96 valence electrons. The number of ether oxygens (including phenoxy) is 1. The van der Waals surface area contributed by atoms with Crippen molar-refractivity contribution in [3.8, 4) is 0 Å². The minimum Gasteiger partial charge on any atom is -0.378 e. The van der Waals surface area contributed by atoms with Gasteiger partial charge in [-0.15, -0.1) is 24.0 Å². The number of hydrogen-bond donors (Lipinski definition) is 1. The highest BCUT2D eigenvalue weighted by Gasteiger charge is 2.11. The average Bonchev–Trinajstić information content (AvgIpc) is 2.83. The van der Waals surface area contributed by atoms with Gasteiger partial charge in [-0.2, -0.15) is 0 Å². The number of aliphatic imine (C=N–C) groups is 1. The first-order valence-electron chi connectivity index (χ1n) is 5.44. The summed E-state index contributed by atoms with van der Waals surface area (Å²) in [7, 11) is 0. The summed E-state index contributed by atoms with van der Waals surface area (Å²) in [4.78, 5) is 10.4. The normalized spacial score (nSPS) is 16.7. The van der Waals surface area contributed by atoms with Crippen molar-refractivity contribution in [1.82, 2.24) is 14.5 Å². The molecule has 0 aliphatic carbocycles. The van der Waals surface area contributed by atoms with E-state index in [9.17, 15) is 0 Å². The Labute approximate surface area is 118 Å². The molecule has 17 heavy (non-hydrogen) atoms. The summed E-state index contributed by atoms with van der Waals surface area (Å²) in [6, 6.07) is 0. The summed E-state index contributed by atoms with van der Waals surface area (Å²) in [5.41, 5.74) is 5.88. The number of rotatable bonds is 3. The second-order valence-electron chi connectivity index (χ2n) is 3.64. The second-order valence-corrected chi connectivity index (χ2v) is 3.64. The van der Waals surface area contributed by atoms with Crippen molar-refractivity contribution in [1.29, 1.82) is 0 Å². The van der Waals surface area contributed by atoms with Crippen LogP contribution < -0.4 is 5.73 Å². The van der Waals surface area contributed by atoms with Gasteiger partial charge in [0.1, 0.15) is 0 Å². The molecule has 0 unspecified atom stereocenters. The van der Waals surface area contributed by atoms with E-state index in [2.05, 4.69) is 14.9 Å². The summed E-state index contributed by atoms with van der Waals surface area (Å²) < 4.78 is 7.23. The third kappa shape index (κ3) is 4.50. The smallest absolute Gasteiger partial charge is 0.191 e. The molecular weight excluding hydrogens is 333 g/mol. The first-order valence-corrected chi connectivity index (χ1v) is 5.44. The van der Waals surface area contributed by atoms with Gasteiger partial charge in [-0.25, -0.2) is 4.98 Å². The van der Waals surface area contributed by atoms with E-state index in [1.54, 1.807) is 12.5 Å². The number of nitrogens with two attached hydrogens (primary N) is 1. The van der Waals surface area contributed by atoms with E-state index in [0.29, 0.717) is 12.5 Å². The zero-order chi connectivity index (χ0) is 11.2. The van der Waals surface area contributed by atoms with Crippen molar-refractivity contribution in [2.75, 3.05) is 32.8 Å². The van der Waals surface area contributed by atoms with Crippen molar-refractivity contribution in [2.24, 2.45) is 10.7 Å². The lowest BCUT2D eigenvalue weighted by atomic mass is 10.4. The van der Waals surface area contributed by atoms with Crippen molar-refractivity contribution in [3.63, 3.8) is 0 Å². The van der Waals surface area contributed by atoms with Gasteiger partial charge < -0.3 is 19.9 Å². The van der Waals surface area contributed by atoms with Crippen LogP contribution in [0.5, 0.6) is 0 Å². The van der Waals surface area contributed by atoms with Crippen molar-refractivity contribution in [3.05, 3.63) is 18.7 Å². The van der Waals surface area contributed by atoms with Gasteiger partial charge in [0.05, 0.1) is 26.1 Å². The molecule has 1 fully saturated rings. The number of guanidine groups is 1. The zero-order valence-electron chi connectivity index (χ0n) is 9.66. The van der Waals surface area contributed by atoms with Gasteiger partial charge in [0.2, 0.25) is 0 Å². The number of imidazole rings is 1. The van der Waals surface area contributed by atoms with E-state index in [1.165, 1.54) is 0 Å². The molecule has 1 saturated heterocycles. The Morgan fingerprint density at radius 2 is 2.18 bits per heavy atom. The lowest BCUT2D eigenvalue weighted by Crippen LogP contribution is -2.44. The first-order chi connectivity index (χ1) is 7.86. The molecule has 7 heteroatoms. The molecule has 0 bridgehead atoms. The molecular formula is C10H18IN5O. The van der Waals surface area contributed by atoms with Gasteiger partial charge >= 0.3 is 0 Å². The van der Waals surface area contributed by atoms with Crippen molar-refractivity contribution >= 4 is 29.9 Å². The molecule has 0 atom stereocenters. The van der Waals surface area contributed by atoms with E-state index < -0.39 is 0 Å². The largest absolute Gasteiger partial charge is 0.378 e. The fourth-order valence-corrected chi connectivity index (χ4v) is 1.59. The average molecular weight is 351 g/mol. The Morgan fingerprint density at radius 3 is 2.82 bits per heavy atom. The molecule has 0 saturated carbocycles. The maximum Gasteiger partial charge on any atom is 0.191 e. The molecule has 1 aliphatic heterocycles. The van der Waals surface area contributed by atoms with Crippen LogP contribution in [0.2, 0.25) is 0 Å². The van der Waals surface area contributed by atoms with Crippen LogP contribution in [-0.2, 0) is 11.3 Å². The lowest BCUT2D eigenvalue weighted by Gasteiger charge is -2.27. The molecule has 0 spiro atoms. The van der Waals surface area contributed by atoms with Gasteiger partial charge in [0.25, 0.3) is 0 Å². The number of halogens is 1. The van der Waals surface area contributed by atoms with Crippen LogP contribution in [0.4, 0.5) is 0 Å². The highest BCUT2D eigenvalue weighted by Crippen LogP contribution is 1.96. The van der Waals surface area contributed by atoms with Crippen LogP contribution in [0.15, 0.2) is 23.7 Å². The van der Waals surface area contributed by atoms with E-state index >= 15 is 0 Å². The molecule has 1 aromatic heterocycles. The molecule has 1 aromatic rings.